The zero-order chi connectivity index (χ0) is 9.64. The highest BCUT2D eigenvalue weighted by molar-refractivity contribution is 5.86. The predicted molar refractivity (Wildman–Crippen MR) is 57.4 cm³/mol. The Morgan fingerprint density at radius 3 is 2.93 bits per heavy atom. The largest absolute Gasteiger partial charge is 0.316 e. The molecule has 0 bridgehead atoms. The molecule has 0 atom stereocenters. The predicted octanol–water partition coefficient (Wildman–Crippen LogP) is 1.23. The Morgan fingerprint density at radius 1 is 1.36 bits per heavy atom. The van der Waals surface area contributed by atoms with E-state index in [1.165, 1.54) is 5.71 Å². The smallest absolute Gasteiger partial charge is 0.0745 e. The Kier molecular flexibility index (Phi) is 3.08. The van der Waals surface area contributed by atoms with Crippen molar-refractivity contribution in [2.75, 3.05) is 18.5 Å². The van der Waals surface area contributed by atoms with Crippen LogP contribution in [0.5, 0.6) is 0 Å². The van der Waals surface area contributed by atoms with E-state index in [1.807, 2.05) is 12.1 Å². The summed E-state index contributed by atoms with van der Waals surface area (Å²) >= 11 is 0. The van der Waals surface area contributed by atoms with Crippen molar-refractivity contribution in [3.8, 4) is 0 Å². The molecule has 0 unspecified atom stereocenters. The average molecular weight is 190 g/mol. The van der Waals surface area contributed by atoms with E-state index in [0.29, 0.717) is 0 Å². The molecular weight excluding hydrogens is 176 g/mol. The van der Waals surface area contributed by atoms with E-state index < -0.39 is 0 Å². The van der Waals surface area contributed by atoms with Gasteiger partial charge in [0.25, 0.3) is 0 Å². The molecule has 0 saturated carbocycles. The quantitative estimate of drug-likeness (QED) is 0.690. The van der Waals surface area contributed by atoms with Gasteiger partial charge < -0.3 is 5.32 Å². The number of hydrogen-bond acceptors (Lipinski definition) is 4. The number of anilines is 1. The first kappa shape index (κ1) is 9.15. The number of aromatic nitrogens is 1. The van der Waals surface area contributed by atoms with Gasteiger partial charge in [0.05, 0.1) is 11.9 Å². The molecule has 1 fully saturated rings. The summed E-state index contributed by atoms with van der Waals surface area (Å²) in [7, 11) is 0. The third-order valence-electron chi connectivity index (χ3n) is 2.19. The van der Waals surface area contributed by atoms with E-state index >= 15 is 0 Å². The van der Waals surface area contributed by atoms with Gasteiger partial charge in [-0.3, -0.25) is 10.4 Å². The van der Waals surface area contributed by atoms with Crippen LogP contribution in [0.1, 0.15) is 12.8 Å². The number of hydrazone groups is 1. The second kappa shape index (κ2) is 4.72. The molecule has 2 heterocycles. The summed E-state index contributed by atoms with van der Waals surface area (Å²) in [5.74, 6) is 0. The second-order valence-corrected chi connectivity index (χ2v) is 3.28. The molecule has 1 aliphatic rings. The molecule has 4 nitrogen and oxygen atoms in total. The fourth-order valence-electron chi connectivity index (χ4n) is 1.40. The van der Waals surface area contributed by atoms with Crippen molar-refractivity contribution in [3.05, 3.63) is 24.5 Å². The lowest BCUT2D eigenvalue weighted by Gasteiger charge is -2.13. The highest BCUT2D eigenvalue weighted by atomic mass is 15.3. The number of hydrogen-bond donors (Lipinski definition) is 2. The molecule has 4 heteroatoms. The average Bonchev–Trinajstić information content (AvgIpc) is 2.29. The second-order valence-electron chi connectivity index (χ2n) is 3.28. The van der Waals surface area contributed by atoms with Gasteiger partial charge in [0, 0.05) is 37.8 Å². The van der Waals surface area contributed by atoms with Gasteiger partial charge >= 0.3 is 0 Å². The molecule has 0 radical (unpaired) electrons. The minimum absolute atomic E-state index is 0.943. The molecule has 1 saturated heterocycles. The van der Waals surface area contributed by atoms with E-state index in [9.17, 15) is 0 Å². The van der Waals surface area contributed by atoms with Gasteiger partial charge in [-0.1, -0.05) is 0 Å². The van der Waals surface area contributed by atoms with Gasteiger partial charge in [-0.05, 0) is 12.1 Å². The van der Waals surface area contributed by atoms with Crippen LogP contribution in [0.15, 0.2) is 29.6 Å². The van der Waals surface area contributed by atoms with Crippen LogP contribution in [0.25, 0.3) is 0 Å². The maximum absolute atomic E-state index is 4.34. The summed E-state index contributed by atoms with van der Waals surface area (Å²) < 4.78 is 0. The Labute approximate surface area is 83.4 Å². The number of pyridine rings is 1. The number of piperidine rings is 1. The first-order chi connectivity index (χ1) is 6.95. The van der Waals surface area contributed by atoms with Gasteiger partial charge in [0.2, 0.25) is 0 Å². The van der Waals surface area contributed by atoms with Gasteiger partial charge in [0.15, 0.2) is 0 Å². The lowest BCUT2D eigenvalue weighted by atomic mass is 10.1. The lowest BCUT2D eigenvalue weighted by Crippen LogP contribution is -2.28. The van der Waals surface area contributed by atoms with Crippen LogP contribution >= 0.6 is 0 Å². The van der Waals surface area contributed by atoms with Gasteiger partial charge in [-0.2, -0.15) is 5.10 Å². The van der Waals surface area contributed by atoms with E-state index in [2.05, 4.69) is 20.8 Å². The van der Waals surface area contributed by atoms with Crippen molar-refractivity contribution in [2.45, 2.75) is 12.8 Å². The molecular formula is C10H14N4. The summed E-state index contributed by atoms with van der Waals surface area (Å²) in [6.45, 7) is 2.07. The topological polar surface area (TPSA) is 49.3 Å². The van der Waals surface area contributed by atoms with Gasteiger partial charge in [0.1, 0.15) is 0 Å². The zero-order valence-electron chi connectivity index (χ0n) is 8.03. The number of nitrogens with zero attached hydrogens (tertiary/aromatic N) is 2. The molecule has 0 aromatic carbocycles. The summed E-state index contributed by atoms with van der Waals surface area (Å²) in [4.78, 5) is 4.00. The minimum Gasteiger partial charge on any atom is -0.316 e. The molecule has 14 heavy (non-hydrogen) atoms. The molecule has 0 aliphatic carbocycles. The monoisotopic (exact) mass is 190 g/mol. The van der Waals surface area contributed by atoms with Crippen LogP contribution < -0.4 is 10.7 Å². The van der Waals surface area contributed by atoms with Gasteiger partial charge in [-0.25, -0.2) is 0 Å². The maximum Gasteiger partial charge on any atom is 0.0745 e. The van der Waals surface area contributed by atoms with Crippen LogP contribution in [0.4, 0.5) is 5.69 Å². The summed E-state index contributed by atoms with van der Waals surface area (Å²) in [6.07, 6.45) is 5.59. The van der Waals surface area contributed by atoms with E-state index in [4.69, 9.17) is 0 Å². The zero-order valence-corrected chi connectivity index (χ0v) is 8.03. The van der Waals surface area contributed by atoms with E-state index in [0.717, 1.165) is 31.6 Å². The highest BCUT2D eigenvalue weighted by Crippen LogP contribution is 2.04. The van der Waals surface area contributed by atoms with Crippen molar-refractivity contribution in [1.82, 2.24) is 10.3 Å². The number of nitrogens with one attached hydrogen (secondary N) is 2. The summed E-state index contributed by atoms with van der Waals surface area (Å²) in [5.41, 5.74) is 5.18. The molecule has 1 aromatic rings. The van der Waals surface area contributed by atoms with Crippen molar-refractivity contribution in [1.29, 1.82) is 0 Å². The standard InChI is InChI=1S/C10H14N4/c1-2-10(8-12-5-1)14-13-9-3-6-11-7-4-9/h1-2,5,8,11,14H,3-4,6-7H2. The lowest BCUT2D eigenvalue weighted by molar-refractivity contribution is 0.670. The number of rotatable bonds is 2. The third-order valence-corrected chi connectivity index (χ3v) is 2.19. The molecule has 1 aliphatic heterocycles. The fraction of sp³-hybridized carbons (Fsp3) is 0.400. The Bertz CT molecular complexity index is 299. The van der Waals surface area contributed by atoms with Crippen molar-refractivity contribution in [3.63, 3.8) is 0 Å². The van der Waals surface area contributed by atoms with Crippen LogP contribution in [-0.4, -0.2) is 23.8 Å². The van der Waals surface area contributed by atoms with Crippen molar-refractivity contribution < 1.29 is 0 Å². The molecule has 1 aromatic heterocycles. The first-order valence-corrected chi connectivity index (χ1v) is 4.87. The van der Waals surface area contributed by atoms with Crippen LogP contribution in [-0.2, 0) is 0 Å². The van der Waals surface area contributed by atoms with Crippen molar-refractivity contribution >= 4 is 11.4 Å². The maximum atomic E-state index is 4.34. The highest BCUT2D eigenvalue weighted by Gasteiger charge is 2.05. The SMILES string of the molecule is c1cncc(NN=C2CCNCC2)c1. The van der Waals surface area contributed by atoms with Crippen LogP contribution in [0, 0.1) is 0 Å². The molecule has 0 spiro atoms. The van der Waals surface area contributed by atoms with E-state index in [1.54, 1.807) is 12.4 Å². The normalized spacial score (nSPS) is 16.4. The summed E-state index contributed by atoms with van der Waals surface area (Å²) in [5, 5.41) is 7.63. The first-order valence-electron chi connectivity index (χ1n) is 4.87. The van der Waals surface area contributed by atoms with Crippen molar-refractivity contribution in [2.24, 2.45) is 5.10 Å². The van der Waals surface area contributed by atoms with Crippen LogP contribution in [0.3, 0.4) is 0 Å². The van der Waals surface area contributed by atoms with Gasteiger partial charge in [-0.15, -0.1) is 0 Å². The molecule has 2 rings (SSSR count). The van der Waals surface area contributed by atoms with E-state index in [-0.39, 0.29) is 0 Å². The van der Waals surface area contributed by atoms with Crippen LogP contribution in [0.2, 0.25) is 0 Å². The Hall–Kier alpha value is -1.42. The molecule has 0 amide bonds. The molecule has 74 valence electrons. The minimum atomic E-state index is 0.943. The Morgan fingerprint density at radius 2 is 2.21 bits per heavy atom. The summed E-state index contributed by atoms with van der Waals surface area (Å²) in [6, 6.07) is 3.85. The molecule has 2 N–H and O–H groups in total. The fourth-order valence-corrected chi connectivity index (χ4v) is 1.40. The third kappa shape index (κ3) is 2.53. The Balaban J connectivity index is 1.92.